The third kappa shape index (κ3) is 5.19. The molecule has 6 heteroatoms. The van der Waals surface area contributed by atoms with Gasteiger partial charge in [-0.25, -0.2) is 4.98 Å². The SMILES string of the molecule is COC(CN)CC(=O)NCCc1coc(-c2ccc(C)cc2)n1. The molecule has 1 heterocycles. The maximum atomic E-state index is 11.7. The van der Waals surface area contributed by atoms with E-state index in [-0.39, 0.29) is 18.4 Å². The van der Waals surface area contributed by atoms with Gasteiger partial charge in [-0.15, -0.1) is 0 Å². The van der Waals surface area contributed by atoms with Gasteiger partial charge in [0.05, 0.1) is 18.2 Å². The Labute approximate surface area is 136 Å². The van der Waals surface area contributed by atoms with Gasteiger partial charge in [0.25, 0.3) is 0 Å². The summed E-state index contributed by atoms with van der Waals surface area (Å²) in [5, 5.41) is 2.83. The lowest BCUT2D eigenvalue weighted by atomic mass is 10.1. The van der Waals surface area contributed by atoms with Crippen molar-refractivity contribution in [1.29, 1.82) is 0 Å². The quantitative estimate of drug-likeness (QED) is 0.773. The number of hydrogen-bond donors (Lipinski definition) is 2. The number of hydrogen-bond acceptors (Lipinski definition) is 5. The van der Waals surface area contributed by atoms with E-state index in [0.717, 1.165) is 11.3 Å². The third-order valence-corrected chi connectivity index (χ3v) is 3.56. The first kappa shape index (κ1) is 17.2. The highest BCUT2D eigenvalue weighted by atomic mass is 16.5. The molecule has 1 aromatic heterocycles. The molecule has 1 atom stereocenters. The predicted molar refractivity (Wildman–Crippen MR) is 87.9 cm³/mol. The number of ether oxygens (including phenoxy) is 1. The molecule has 0 aliphatic carbocycles. The molecule has 6 nitrogen and oxygen atoms in total. The van der Waals surface area contributed by atoms with Gasteiger partial charge in [-0.3, -0.25) is 4.79 Å². The van der Waals surface area contributed by atoms with E-state index in [4.69, 9.17) is 14.9 Å². The van der Waals surface area contributed by atoms with E-state index in [1.807, 2.05) is 31.2 Å². The molecule has 0 bridgehead atoms. The fraction of sp³-hybridized carbons (Fsp3) is 0.412. The van der Waals surface area contributed by atoms with Crippen LogP contribution in [-0.4, -0.2) is 37.2 Å². The summed E-state index contributed by atoms with van der Waals surface area (Å²) in [6.07, 6.45) is 2.26. The average molecular weight is 317 g/mol. The number of nitrogens with zero attached hydrogens (tertiary/aromatic N) is 1. The second-order valence-corrected chi connectivity index (χ2v) is 5.41. The molecule has 0 aliphatic heterocycles. The summed E-state index contributed by atoms with van der Waals surface area (Å²) in [4.78, 5) is 16.2. The Morgan fingerprint density at radius 3 is 2.78 bits per heavy atom. The molecule has 0 saturated heterocycles. The Kier molecular flexibility index (Phi) is 6.31. The van der Waals surface area contributed by atoms with Crippen LogP contribution in [0.4, 0.5) is 0 Å². The number of rotatable bonds is 8. The summed E-state index contributed by atoms with van der Waals surface area (Å²) in [7, 11) is 1.55. The summed E-state index contributed by atoms with van der Waals surface area (Å²) in [5.74, 6) is 0.512. The predicted octanol–water partition coefficient (Wildman–Crippen LogP) is 1.67. The van der Waals surface area contributed by atoms with Crippen molar-refractivity contribution in [2.24, 2.45) is 5.73 Å². The molecule has 0 spiro atoms. The van der Waals surface area contributed by atoms with Crippen molar-refractivity contribution < 1.29 is 13.9 Å². The fourth-order valence-electron chi connectivity index (χ4n) is 2.12. The van der Waals surface area contributed by atoms with Crippen LogP contribution < -0.4 is 11.1 Å². The van der Waals surface area contributed by atoms with E-state index >= 15 is 0 Å². The second-order valence-electron chi connectivity index (χ2n) is 5.41. The molecule has 0 radical (unpaired) electrons. The van der Waals surface area contributed by atoms with E-state index in [9.17, 15) is 4.79 Å². The molecule has 0 aliphatic rings. The lowest BCUT2D eigenvalue weighted by Gasteiger charge is -2.12. The Morgan fingerprint density at radius 1 is 1.39 bits per heavy atom. The van der Waals surface area contributed by atoms with Crippen molar-refractivity contribution in [2.45, 2.75) is 25.9 Å². The van der Waals surface area contributed by atoms with Crippen molar-refractivity contribution in [3.8, 4) is 11.5 Å². The van der Waals surface area contributed by atoms with Gasteiger partial charge in [0, 0.05) is 32.2 Å². The Bertz CT molecular complexity index is 618. The highest BCUT2D eigenvalue weighted by molar-refractivity contribution is 5.76. The zero-order chi connectivity index (χ0) is 16.7. The highest BCUT2D eigenvalue weighted by Gasteiger charge is 2.11. The summed E-state index contributed by atoms with van der Waals surface area (Å²) in [6.45, 7) is 2.86. The molecule has 23 heavy (non-hydrogen) atoms. The van der Waals surface area contributed by atoms with Crippen molar-refractivity contribution >= 4 is 5.91 Å². The molecule has 2 aromatic rings. The topological polar surface area (TPSA) is 90.4 Å². The highest BCUT2D eigenvalue weighted by Crippen LogP contribution is 2.19. The van der Waals surface area contributed by atoms with Gasteiger partial charge in [0.2, 0.25) is 11.8 Å². The molecule has 3 N–H and O–H groups in total. The van der Waals surface area contributed by atoms with Gasteiger partial charge < -0.3 is 20.2 Å². The first-order valence-corrected chi connectivity index (χ1v) is 7.63. The first-order chi connectivity index (χ1) is 11.1. The van der Waals surface area contributed by atoms with Crippen molar-refractivity contribution in [2.75, 3.05) is 20.2 Å². The number of oxazole rings is 1. The van der Waals surface area contributed by atoms with Crippen LogP contribution in [0.2, 0.25) is 0 Å². The average Bonchev–Trinajstić information content (AvgIpc) is 3.02. The van der Waals surface area contributed by atoms with Crippen LogP contribution in [0, 0.1) is 6.92 Å². The standard InChI is InChI=1S/C17H23N3O3/c1-12-3-5-13(6-4-12)17-20-14(11-23-17)7-8-19-16(21)9-15(10-18)22-2/h3-6,11,15H,7-10,18H2,1-2H3,(H,19,21). The minimum atomic E-state index is -0.241. The summed E-state index contributed by atoms with van der Waals surface area (Å²) >= 11 is 0. The van der Waals surface area contributed by atoms with Crippen LogP contribution in [-0.2, 0) is 16.0 Å². The van der Waals surface area contributed by atoms with Crippen LogP contribution in [0.1, 0.15) is 17.7 Å². The summed E-state index contributed by atoms with van der Waals surface area (Å²) < 4.78 is 10.6. The zero-order valence-electron chi connectivity index (χ0n) is 13.5. The molecule has 1 unspecified atom stereocenters. The number of methoxy groups -OCH3 is 1. The van der Waals surface area contributed by atoms with E-state index in [0.29, 0.717) is 25.4 Å². The van der Waals surface area contributed by atoms with Crippen LogP contribution in [0.3, 0.4) is 0 Å². The summed E-state index contributed by atoms with van der Waals surface area (Å²) in [6, 6.07) is 7.99. The van der Waals surface area contributed by atoms with E-state index in [2.05, 4.69) is 10.3 Å². The van der Waals surface area contributed by atoms with Gasteiger partial charge in [-0.2, -0.15) is 0 Å². The number of carbonyl (C=O) groups excluding carboxylic acids is 1. The molecule has 1 aromatic carbocycles. The minimum absolute atomic E-state index is 0.0791. The number of amides is 1. The van der Waals surface area contributed by atoms with Gasteiger partial charge in [-0.1, -0.05) is 17.7 Å². The van der Waals surface area contributed by atoms with E-state index in [1.54, 1.807) is 13.4 Å². The molecule has 2 rings (SSSR count). The molecule has 124 valence electrons. The van der Waals surface area contributed by atoms with Crippen LogP contribution >= 0.6 is 0 Å². The molecular weight excluding hydrogens is 294 g/mol. The van der Waals surface area contributed by atoms with Crippen LogP contribution in [0.15, 0.2) is 34.9 Å². The maximum Gasteiger partial charge on any atom is 0.226 e. The van der Waals surface area contributed by atoms with Gasteiger partial charge in [0.15, 0.2) is 0 Å². The monoisotopic (exact) mass is 317 g/mol. The Balaban J connectivity index is 1.81. The van der Waals surface area contributed by atoms with Crippen molar-refractivity contribution in [3.05, 3.63) is 41.8 Å². The van der Waals surface area contributed by atoms with E-state index in [1.165, 1.54) is 5.56 Å². The smallest absolute Gasteiger partial charge is 0.226 e. The molecule has 0 saturated carbocycles. The van der Waals surface area contributed by atoms with Crippen molar-refractivity contribution in [3.63, 3.8) is 0 Å². The van der Waals surface area contributed by atoms with E-state index < -0.39 is 0 Å². The lowest BCUT2D eigenvalue weighted by molar-refractivity contribution is -0.123. The number of aromatic nitrogens is 1. The fourth-order valence-corrected chi connectivity index (χ4v) is 2.12. The second kappa shape index (κ2) is 8.45. The van der Waals surface area contributed by atoms with Gasteiger partial charge >= 0.3 is 0 Å². The maximum absolute atomic E-state index is 11.7. The molecule has 1 amide bonds. The number of aryl methyl sites for hydroxylation is 1. The number of nitrogens with two attached hydrogens (primary N) is 1. The zero-order valence-corrected chi connectivity index (χ0v) is 13.5. The van der Waals surface area contributed by atoms with Crippen LogP contribution in [0.25, 0.3) is 11.5 Å². The first-order valence-electron chi connectivity index (χ1n) is 7.63. The van der Waals surface area contributed by atoms with Gasteiger partial charge in [-0.05, 0) is 19.1 Å². The van der Waals surface area contributed by atoms with Gasteiger partial charge in [0.1, 0.15) is 6.26 Å². The minimum Gasteiger partial charge on any atom is -0.444 e. The third-order valence-electron chi connectivity index (χ3n) is 3.56. The Morgan fingerprint density at radius 2 is 2.13 bits per heavy atom. The number of benzene rings is 1. The summed E-state index contributed by atoms with van der Waals surface area (Å²) in [5.41, 5.74) is 8.43. The Hall–Kier alpha value is -2.18. The number of nitrogens with one attached hydrogen (secondary N) is 1. The lowest BCUT2D eigenvalue weighted by Crippen LogP contribution is -2.33. The van der Waals surface area contributed by atoms with Crippen LogP contribution in [0.5, 0.6) is 0 Å². The normalized spacial score (nSPS) is 12.1. The van der Waals surface area contributed by atoms with Crippen molar-refractivity contribution in [1.82, 2.24) is 10.3 Å². The molecular formula is C17H23N3O3. The molecule has 0 fully saturated rings. The largest absolute Gasteiger partial charge is 0.444 e. The number of carbonyl (C=O) groups is 1.